The highest BCUT2D eigenvalue weighted by Gasteiger charge is 2.19. The van der Waals surface area contributed by atoms with Gasteiger partial charge in [0.25, 0.3) is 0 Å². The fourth-order valence-corrected chi connectivity index (χ4v) is 2.83. The van der Waals surface area contributed by atoms with Crippen LogP contribution in [0.3, 0.4) is 0 Å². The molecule has 1 aromatic carbocycles. The molecule has 0 aliphatic heterocycles. The van der Waals surface area contributed by atoms with E-state index in [1.54, 1.807) is 0 Å². The topological polar surface area (TPSA) is 46.9 Å². The summed E-state index contributed by atoms with van der Waals surface area (Å²) in [4.78, 5) is 16.8. The minimum Gasteiger partial charge on any atom is -0.350 e. The third kappa shape index (κ3) is 4.10. The van der Waals surface area contributed by atoms with Gasteiger partial charge in [0.2, 0.25) is 5.91 Å². The first-order chi connectivity index (χ1) is 9.67. The molecule has 6 heteroatoms. The Kier molecular flexibility index (Phi) is 4.82. The number of rotatable bonds is 3. The summed E-state index contributed by atoms with van der Waals surface area (Å²) in [5.41, 5.74) is 1.55. The maximum atomic E-state index is 12.2. The van der Waals surface area contributed by atoms with Crippen molar-refractivity contribution < 1.29 is 4.79 Å². The summed E-state index contributed by atoms with van der Waals surface area (Å²) < 4.78 is 3.00. The Balaban J connectivity index is 2.41. The van der Waals surface area contributed by atoms with Gasteiger partial charge in [0.15, 0.2) is 0 Å². The molecule has 0 spiro atoms. The summed E-state index contributed by atoms with van der Waals surface area (Å²) in [6.07, 6.45) is 0. The van der Waals surface area contributed by atoms with Gasteiger partial charge in [-0.2, -0.15) is 0 Å². The van der Waals surface area contributed by atoms with Crippen molar-refractivity contribution in [2.75, 3.05) is 0 Å². The molecule has 0 bridgehead atoms. The van der Waals surface area contributed by atoms with Crippen LogP contribution in [0.2, 0.25) is 0 Å². The van der Waals surface area contributed by atoms with Crippen molar-refractivity contribution in [3.8, 4) is 0 Å². The van der Waals surface area contributed by atoms with Crippen LogP contribution < -0.4 is 5.32 Å². The molecule has 21 heavy (non-hydrogen) atoms. The molecule has 2 aromatic rings. The van der Waals surface area contributed by atoms with Crippen LogP contribution >= 0.6 is 34.2 Å². The van der Waals surface area contributed by atoms with Gasteiger partial charge in [-0.15, -0.1) is 11.6 Å². The lowest BCUT2D eigenvalue weighted by Gasteiger charge is -2.21. The normalized spacial score (nSPS) is 13.4. The average molecular weight is 420 g/mol. The lowest BCUT2D eigenvalue weighted by Crippen LogP contribution is -2.42. The number of carbonyl (C=O) groups is 1. The van der Waals surface area contributed by atoms with Crippen LogP contribution in [0, 0.1) is 3.57 Å². The molecule has 1 atom stereocenters. The molecule has 1 aromatic heterocycles. The van der Waals surface area contributed by atoms with Gasteiger partial charge in [-0.1, -0.05) is 0 Å². The monoisotopic (exact) mass is 419 g/mol. The Hall–Kier alpha value is -0.820. The predicted molar refractivity (Wildman–Crippen MR) is 94.6 cm³/mol. The summed E-state index contributed by atoms with van der Waals surface area (Å²) >= 11 is 8.47. The van der Waals surface area contributed by atoms with Crippen LogP contribution in [-0.4, -0.2) is 21.0 Å². The van der Waals surface area contributed by atoms with Gasteiger partial charge in [0.05, 0.1) is 16.4 Å². The zero-order valence-electron chi connectivity index (χ0n) is 12.6. The van der Waals surface area contributed by atoms with Crippen molar-refractivity contribution in [1.29, 1.82) is 0 Å². The van der Waals surface area contributed by atoms with Gasteiger partial charge in [0.1, 0.15) is 12.4 Å². The Morgan fingerprint density at radius 1 is 1.48 bits per heavy atom. The van der Waals surface area contributed by atoms with Crippen LogP contribution in [0.4, 0.5) is 0 Å². The number of hydrogen-bond donors (Lipinski definition) is 1. The molecule has 114 valence electrons. The summed E-state index contributed by atoms with van der Waals surface area (Å²) in [5.74, 6) is 0.677. The van der Waals surface area contributed by atoms with E-state index in [1.807, 2.05) is 50.5 Å². The minimum absolute atomic E-state index is 0.0427. The summed E-state index contributed by atoms with van der Waals surface area (Å²) in [7, 11) is 0. The number of hydrogen-bond acceptors (Lipinski definition) is 2. The number of halogens is 2. The van der Waals surface area contributed by atoms with Crippen molar-refractivity contribution in [3.63, 3.8) is 0 Å². The highest BCUT2D eigenvalue weighted by Crippen LogP contribution is 2.25. The molecule has 0 fully saturated rings. The van der Waals surface area contributed by atoms with Crippen LogP contribution in [-0.2, 0) is 11.3 Å². The van der Waals surface area contributed by atoms with Gasteiger partial charge in [-0.3, -0.25) is 4.79 Å². The number of alkyl halides is 1. The Morgan fingerprint density at radius 3 is 2.71 bits per heavy atom. The lowest BCUT2D eigenvalue weighted by atomic mass is 10.1. The van der Waals surface area contributed by atoms with Crippen molar-refractivity contribution in [2.24, 2.45) is 0 Å². The molecule has 1 amide bonds. The Bertz CT molecular complexity index is 673. The Labute approximate surface area is 143 Å². The molecule has 0 aliphatic carbocycles. The van der Waals surface area contributed by atoms with Crippen LogP contribution in [0.25, 0.3) is 11.0 Å². The summed E-state index contributed by atoms with van der Waals surface area (Å²) in [6, 6.07) is 5.99. The molecular weight excluding hydrogens is 401 g/mol. The van der Waals surface area contributed by atoms with Crippen molar-refractivity contribution in [1.82, 2.24) is 14.9 Å². The second-order valence-electron chi connectivity index (χ2n) is 6.10. The first kappa shape index (κ1) is 16.5. The first-order valence-electron chi connectivity index (χ1n) is 6.78. The standard InChI is InChI=1S/C15H19ClIN3O/c1-9(16)14-18-11-7-10(17)5-6-12(11)20(14)8-13(21)19-15(2,3)4/h5-7,9H,8H2,1-4H3,(H,19,21). The molecule has 4 nitrogen and oxygen atoms in total. The first-order valence-corrected chi connectivity index (χ1v) is 8.29. The van der Waals surface area contributed by atoms with Gasteiger partial charge < -0.3 is 9.88 Å². The number of amides is 1. The molecule has 2 rings (SSSR count). The molecule has 0 radical (unpaired) electrons. The summed E-state index contributed by atoms with van der Waals surface area (Å²) in [6.45, 7) is 7.98. The molecule has 1 unspecified atom stereocenters. The zero-order valence-corrected chi connectivity index (χ0v) is 15.5. The third-order valence-corrected chi connectivity index (χ3v) is 3.78. The van der Waals surface area contributed by atoms with E-state index in [0.29, 0.717) is 0 Å². The predicted octanol–water partition coefficient (Wildman–Crippen LogP) is 3.86. The van der Waals surface area contributed by atoms with Crippen molar-refractivity contribution in [3.05, 3.63) is 27.6 Å². The van der Waals surface area contributed by atoms with E-state index in [-0.39, 0.29) is 23.4 Å². The molecular formula is C15H19ClIN3O. The number of fused-ring (bicyclic) bond motifs is 1. The Morgan fingerprint density at radius 2 is 2.14 bits per heavy atom. The quantitative estimate of drug-likeness (QED) is 0.607. The van der Waals surface area contributed by atoms with E-state index in [2.05, 4.69) is 32.9 Å². The van der Waals surface area contributed by atoms with Gasteiger partial charge >= 0.3 is 0 Å². The van der Waals surface area contributed by atoms with E-state index in [4.69, 9.17) is 11.6 Å². The molecule has 0 aliphatic rings. The second-order valence-corrected chi connectivity index (χ2v) is 8.00. The van der Waals surface area contributed by atoms with E-state index in [9.17, 15) is 4.79 Å². The zero-order chi connectivity index (χ0) is 15.8. The van der Waals surface area contributed by atoms with E-state index < -0.39 is 0 Å². The maximum Gasteiger partial charge on any atom is 0.240 e. The van der Waals surface area contributed by atoms with Gasteiger partial charge in [0, 0.05) is 9.11 Å². The van der Waals surface area contributed by atoms with Crippen molar-refractivity contribution >= 4 is 51.1 Å². The lowest BCUT2D eigenvalue weighted by molar-refractivity contribution is -0.123. The largest absolute Gasteiger partial charge is 0.350 e. The van der Waals surface area contributed by atoms with E-state index in [0.717, 1.165) is 20.4 Å². The third-order valence-electron chi connectivity index (χ3n) is 2.91. The molecule has 0 saturated heterocycles. The summed E-state index contributed by atoms with van der Waals surface area (Å²) in [5, 5.41) is 2.72. The fourth-order valence-electron chi connectivity index (χ4n) is 2.19. The van der Waals surface area contributed by atoms with E-state index >= 15 is 0 Å². The van der Waals surface area contributed by atoms with Crippen LogP contribution in [0.5, 0.6) is 0 Å². The number of nitrogens with zero attached hydrogens (tertiary/aromatic N) is 2. The molecule has 1 heterocycles. The minimum atomic E-state index is -0.254. The van der Waals surface area contributed by atoms with Gasteiger partial charge in [-0.05, 0) is 68.5 Å². The fraction of sp³-hybridized carbons (Fsp3) is 0.467. The number of nitrogens with one attached hydrogen (secondary N) is 1. The number of benzene rings is 1. The van der Waals surface area contributed by atoms with Crippen LogP contribution in [0.15, 0.2) is 18.2 Å². The van der Waals surface area contributed by atoms with Crippen LogP contribution in [0.1, 0.15) is 38.9 Å². The number of aromatic nitrogens is 2. The number of imidazole rings is 1. The SMILES string of the molecule is CC(Cl)c1nc2cc(I)ccc2n1CC(=O)NC(C)(C)C. The highest BCUT2D eigenvalue weighted by molar-refractivity contribution is 14.1. The molecule has 1 N–H and O–H groups in total. The number of carbonyl (C=O) groups excluding carboxylic acids is 1. The second kappa shape index (κ2) is 6.12. The van der Waals surface area contributed by atoms with Gasteiger partial charge in [-0.25, -0.2) is 4.98 Å². The van der Waals surface area contributed by atoms with Crippen molar-refractivity contribution in [2.45, 2.75) is 45.2 Å². The molecule has 0 saturated carbocycles. The highest BCUT2D eigenvalue weighted by atomic mass is 127. The smallest absolute Gasteiger partial charge is 0.240 e. The maximum absolute atomic E-state index is 12.2. The average Bonchev–Trinajstić information content (AvgIpc) is 2.64. The van der Waals surface area contributed by atoms with E-state index in [1.165, 1.54) is 0 Å².